The topological polar surface area (TPSA) is 26.0 Å². The molecule has 1 saturated carbocycles. The molecule has 0 unspecified atom stereocenters. The van der Waals surface area contributed by atoms with E-state index in [4.69, 9.17) is 4.74 Å². The standard InChI is InChI=1S/C26H25N2O/c1-15-20-9-6-11-27-24(20)16(2)26-22(15)25-23-18(10-12-28(25)3)13-19(14-21(23)29-26)17-7-4-5-8-17/h6,9-14,17H,4-5,7-8H2,1-3H3/q+1. The predicted molar refractivity (Wildman–Crippen MR) is 117 cm³/mol. The molecule has 0 amide bonds. The maximum atomic E-state index is 6.67. The van der Waals surface area contributed by atoms with Crippen LogP contribution in [0.5, 0.6) is 11.5 Å². The normalized spacial score (nSPS) is 15.7. The minimum Gasteiger partial charge on any atom is -0.455 e. The van der Waals surface area contributed by atoms with Gasteiger partial charge in [0.15, 0.2) is 6.20 Å². The molecule has 2 aliphatic rings. The van der Waals surface area contributed by atoms with Gasteiger partial charge in [0.2, 0.25) is 5.69 Å². The summed E-state index contributed by atoms with van der Waals surface area (Å²) in [7, 11) is 2.14. The third-order valence-corrected chi connectivity index (χ3v) is 7.01. The van der Waals surface area contributed by atoms with E-state index in [1.165, 1.54) is 64.2 Å². The van der Waals surface area contributed by atoms with Crippen molar-refractivity contribution in [2.45, 2.75) is 45.4 Å². The molecule has 144 valence electrons. The molecule has 6 rings (SSSR count). The summed E-state index contributed by atoms with van der Waals surface area (Å²) in [5.74, 6) is 2.63. The molecule has 0 spiro atoms. The second-order valence-corrected chi connectivity index (χ2v) is 8.70. The summed E-state index contributed by atoms with van der Waals surface area (Å²) in [4.78, 5) is 4.67. The van der Waals surface area contributed by atoms with E-state index in [2.05, 4.69) is 60.9 Å². The second kappa shape index (κ2) is 6.03. The molecule has 3 nitrogen and oxygen atoms in total. The van der Waals surface area contributed by atoms with Gasteiger partial charge in [0.1, 0.15) is 18.5 Å². The number of fused-ring (bicyclic) bond motifs is 3. The highest BCUT2D eigenvalue weighted by Gasteiger charge is 2.33. The van der Waals surface area contributed by atoms with Crippen molar-refractivity contribution in [3.05, 3.63) is 59.4 Å². The van der Waals surface area contributed by atoms with Gasteiger partial charge in [0.25, 0.3) is 0 Å². The van der Waals surface area contributed by atoms with Gasteiger partial charge in [-0.1, -0.05) is 25.0 Å². The van der Waals surface area contributed by atoms with Gasteiger partial charge in [-0.15, -0.1) is 0 Å². The van der Waals surface area contributed by atoms with Gasteiger partial charge in [0, 0.05) is 23.2 Å². The van der Waals surface area contributed by atoms with Crippen LogP contribution in [0.1, 0.15) is 48.3 Å². The summed E-state index contributed by atoms with van der Waals surface area (Å²) in [6.07, 6.45) is 9.33. The van der Waals surface area contributed by atoms with Gasteiger partial charge in [-0.2, -0.15) is 0 Å². The Morgan fingerprint density at radius 1 is 1.07 bits per heavy atom. The minimum atomic E-state index is 0.666. The first-order chi connectivity index (χ1) is 14.1. The molecule has 2 aromatic carbocycles. The van der Waals surface area contributed by atoms with E-state index in [1.807, 2.05) is 12.3 Å². The van der Waals surface area contributed by atoms with Crippen LogP contribution in [0.4, 0.5) is 0 Å². The lowest BCUT2D eigenvalue weighted by Crippen LogP contribution is -2.32. The van der Waals surface area contributed by atoms with Crippen LogP contribution in [0.2, 0.25) is 0 Å². The van der Waals surface area contributed by atoms with Gasteiger partial charge in [-0.25, -0.2) is 4.57 Å². The number of rotatable bonds is 1. The fourth-order valence-corrected chi connectivity index (χ4v) is 5.49. The van der Waals surface area contributed by atoms with Gasteiger partial charge < -0.3 is 4.74 Å². The smallest absolute Gasteiger partial charge is 0.228 e. The molecule has 0 saturated heterocycles. The maximum absolute atomic E-state index is 6.67. The Labute approximate surface area is 171 Å². The number of nitrogens with zero attached hydrogens (tertiary/aromatic N) is 2. The second-order valence-electron chi connectivity index (χ2n) is 8.70. The Hall–Kier alpha value is -2.94. The number of aromatic nitrogens is 2. The third-order valence-electron chi connectivity index (χ3n) is 7.01. The molecule has 4 aromatic rings. The molecule has 0 bridgehead atoms. The Morgan fingerprint density at radius 3 is 2.72 bits per heavy atom. The van der Waals surface area contributed by atoms with E-state index in [0.717, 1.165) is 22.6 Å². The van der Waals surface area contributed by atoms with Crippen molar-refractivity contribution in [1.82, 2.24) is 4.98 Å². The Balaban J connectivity index is 1.72. The highest BCUT2D eigenvalue weighted by molar-refractivity contribution is 6.06. The predicted octanol–water partition coefficient (Wildman–Crippen LogP) is 6.26. The molecule has 1 aliphatic carbocycles. The van der Waals surface area contributed by atoms with Crippen LogP contribution >= 0.6 is 0 Å². The van der Waals surface area contributed by atoms with Gasteiger partial charge >= 0.3 is 0 Å². The Morgan fingerprint density at radius 2 is 1.90 bits per heavy atom. The number of benzene rings is 2. The number of hydrogen-bond acceptors (Lipinski definition) is 2. The molecule has 3 heteroatoms. The summed E-state index contributed by atoms with van der Waals surface area (Å²) in [6.45, 7) is 4.34. The van der Waals surface area contributed by atoms with Gasteiger partial charge in [-0.3, -0.25) is 4.98 Å². The van der Waals surface area contributed by atoms with Crippen LogP contribution < -0.4 is 9.30 Å². The molecule has 0 N–H and O–H groups in total. The third kappa shape index (κ3) is 2.30. The van der Waals surface area contributed by atoms with E-state index in [-0.39, 0.29) is 0 Å². The first-order valence-corrected chi connectivity index (χ1v) is 10.7. The quantitative estimate of drug-likeness (QED) is 0.320. The lowest BCUT2D eigenvalue weighted by atomic mass is 9.88. The van der Waals surface area contributed by atoms with Gasteiger partial charge in [-0.05, 0) is 61.3 Å². The molecule has 29 heavy (non-hydrogen) atoms. The lowest BCUT2D eigenvalue weighted by molar-refractivity contribution is -0.659. The Kier molecular flexibility index (Phi) is 3.53. The van der Waals surface area contributed by atoms with Crippen LogP contribution in [-0.4, -0.2) is 4.98 Å². The van der Waals surface area contributed by atoms with Crippen LogP contribution in [0.15, 0.2) is 42.7 Å². The van der Waals surface area contributed by atoms with E-state index in [0.29, 0.717) is 5.92 Å². The van der Waals surface area contributed by atoms with Crippen LogP contribution in [0, 0.1) is 13.8 Å². The van der Waals surface area contributed by atoms with Crippen molar-refractivity contribution < 1.29 is 9.30 Å². The zero-order chi connectivity index (χ0) is 19.7. The van der Waals surface area contributed by atoms with Crippen molar-refractivity contribution in [3.8, 4) is 22.8 Å². The Bertz CT molecular complexity index is 1320. The zero-order valence-corrected chi connectivity index (χ0v) is 17.2. The van der Waals surface area contributed by atoms with E-state index >= 15 is 0 Å². The molecule has 2 aromatic heterocycles. The van der Waals surface area contributed by atoms with Crippen molar-refractivity contribution in [1.29, 1.82) is 0 Å². The van der Waals surface area contributed by atoms with Crippen molar-refractivity contribution >= 4 is 21.7 Å². The zero-order valence-electron chi connectivity index (χ0n) is 17.2. The minimum absolute atomic E-state index is 0.666. The molecule has 3 heterocycles. The van der Waals surface area contributed by atoms with Crippen LogP contribution in [-0.2, 0) is 7.05 Å². The fraction of sp³-hybridized carbons (Fsp3) is 0.308. The molecule has 0 atom stereocenters. The van der Waals surface area contributed by atoms with Crippen molar-refractivity contribution in [3.63, 3.8) is 0 Å². The van der Waals surface area contributed by atoms with Crippen LogP contribution in [0.3, 0.4) is 0 Å². The summed E-state index contributed by atoms with van der Waals surface area (Å²) in [6, 6.07) is 11.1. The first kappa shape index (κ1) is 17.0. The average Bonchev–Trinajstić information content (AvgIpc) is 3.28. The average molecular weight is 381 g/mol. The monoisotopic (exact) mass is 381 g/mol. The molecule has 1 aliphatic heterocycles. The molecule has 1 fully saturated rings. The van der Waals surface area contributed by atoms with Crippen molar-refractivity contribution in [2.75, 3.05) is 0 Å². The summed E-state index contributed by atoms with van der Waals surface area (Å²) in [5.41, 5.74) is 7.29. The number of hydrogen-bond donors (Lipinski definition) is 0. The first-order valence-electron chi connectivity index (χ1n) is 10.7. The highest BCUT2D eigenvalue weighted by Crippen LogP contribution is 2.51. The molecular formula is C26H25N2O+. The van der Waals surface area contributed by atoms with Crippen LogP contribution in [0.25, 0.3) is 32.9 Å². The molecule has 0 radical (unpaired) electrons. The highest BCUT2D eigenvalue weighted by atomic mass is 16.5. The fourth-order valence-electron chi connectivity index (χ4n) is 5.49. The lowest BCUT2D eigenvalue weighted by Gasteiger charge is -2.24. The van der Waals surface area contributed by atoms with E-state index in [9.17, 15) is 0 Å². The van der Waals surface area contributed by atoms with Gasteiger partial charge in [0.05, 0.1) is 16.5 Å². The SMILES string of the molecule is Cc1c2c(c(C)c3ncccc13)Oc1cc(C3CCCC3)cc3cc[n+](C)c-2c13. The summed E-state index contributed by atoms with van der Waals surface area (Å²) >= 11 is 0. The maximum Gasteiger partial charge on any atom is 0.228 e. The largest absolute Gasteiger partial charge is 0.455 e. The number of pyridine rings is 2. The van der Waals surface area contributed by atoms with E-state index in [1.54, 1.807) is 0 Å². The summed E-state index contributed by atoms with van der Waals surface area (Å²) < 4.78 is 8.92. The summed E-state index contributed by atoms with van der Waals surface area (Å²) in [5, 5.41) is 3.72. The number of ether oxygens (including phenoxy) is 1. The van der Waals surface area contributed by atoms with E-state index < -0.39 is 0 Å². The number of aryl methyl sites for hydroxylation is 3. The van der Waals surface area contributed by atoms with Crippen molar-refractivity contribution in [2.24, 2.45) is 7.05 Å². The molecular weight excluding hydrogens is 356 g/mol.